The van der Waals surface area contributed by atoms with E-state index in [1.54, 1.807) is 0 Å². The highest BCUT2D eigenvalue weighted by molar-refractivity contribution is 5.84. The molecule has 0 N–H and O–H groups in total. The number of rotatable bonds is 4. The summed E-state index contributed by atoms with van der Waals surface area (Å²) in [6, 6.07) is 18.6. The van der Waals surface area contributed by atoms with Gasteiger partial charge < -0.3 is 4.74 Å². The van der Waals surface area contributed by atoms with E-state index in [-0.39, 0.29) is 0 Å². The van der Waals surface area contributed by atoms with E-state index >= 15 is 0 Å². The van der Waals surface area contributed by atoms with Crippen LogP contribution in [0.4, 0.5) is 0 Å². The molecule has 0 fully saturated rings. The Morgan fingerprint density at radius 3 is 2.60 bits per heavy atom. The first-order valence-electron chi connectivity index (χ1n) is 6.79. The molecule has 0 saturated heterocycles. The number of fused-ring (bicyclic) bond motifs is 1. The smallest absolute Gasteiger partial charge is 0.0734 e. The number of ether oxygens (including phenoxy) is 1. The maximum atomic E-state index is 5.83. The molecule has 3 rings (SSSR count). The summed E-state index contributed by atoms with van der Waals surface area (Å²) in [4.78, 5) is 4.45. The molecule has 100 valence electrons. The molecule has 0 bridgehead atoms. The molecule has 2 aromatic carbocycles. The fourth-order valence-electron chi connectivity index (χ4n) is 2.35. The van der Waals surface area contributed by atoms with Gasteiger partial charge in [0.2, 0.25) is 0 Å². The molecule has 1 aromatic heterocycles. The monoisotopic (exact) mass is 263 g/mol. The lowest BCUT2D eigenvalue weighted by Gasteiger charge is -2.09. The number of pyridine rings is 1. The topological polar surface area (TPSA) is 22.1 Å². The Kier molecular flexibility index (Phi) is 3.75. The summed E-state index contributed by atoms with van der Waals surface area (Å²) in [5.41, 5.74) is 4.65. The summed E-state index contributed by atoms with van der Waals surface area (Å²) in [5.74, 6) is 0. The molecule has 0 aliphatic carbocycles. The van der Waals surface area contributed by atoms with Gasteiger partial charge in [-0.15, -0.1) is 0 Å². The SMILES string of the molecule is Cc1ccc(COCc2ccccc2)c2cccnc12. The Labute approximate surface area is 119 Å². The van der Waals surface area contributed by atoms with E-state index in [2.05, 4.69) is 42.2 Å². The minimum absolute atomic E-state index is 0.608. The molecular formula is C18H17NO. The van der Waals surface area contributed by atoms with Crippen LogP contribution in [-0.4, -0.2) is 4.98 Å². The van der Waals surface area contributed by atoms with Crippen LogP contribution >= 0.6 is 0 Å². The van der Waals surface area contributed by atoms with Crippen molar-refractivity contribution in [3.8, 4) is 0 Å². The van der Waals surface area contributed by atoms with Crippen molar-refractivity contribution in [2.75, 3.05) is 0 Å². The van der Waals surface area contributed by atoms with E-state index in [0.717, 1.165) is 5.52 Å². The van der Waals surface area contributed by atoms with Crippen molar-refractivity contribution < 1.29 is 4.74 Å². The molecule has 20 heavy (non-hydrogen) atoms. The third-order valence-corrected chi connectivity index (χ3v) is 3.43. The van der Waals surface area contributed by atoms with Gasteiger partial charge in [0.05, 0.1) is 18.7 Å². The van der Waals surface area contributed by atoms with Crippen molar-refractivity contribution in [2.24, 2.45) is 0 Å². The van der Waals surface area contributed by atoms with Crippen molar-refractivity contribution >= 4 is 10.9 Å². The van der Waals surface area contributed by atoms with Gasteiger partial charge in [-0.1, -0.05) is 48.5 Å². The molecular weight excluding hydrogens is 246 g/mol. The summed E-state index contributed by atoms with van der Waals surface area (Å²) < 4.78 is 5.83. The van der Waals surface area contributed by atoms with E-state index in [4.69, 9.17) is 4.74 Å². The van der Waals surface area contributed by atoms with E-state index in [9.17, 15) is 0 Å². The number of aromatic nitrogens is 1. The zero-order chi connectivity index (χ0) is 13.8. The third-order valence-electron chi connectivity index (χ3n) is 3.43. The van der Waals surface area contributed by atoms with Crippen molar-refractivity contribution in [3.63, 3.8) is 0 Å². The normalized spacial score (nSPS) is 10.8. The van der Waals surface area contributed by atoms with Crippen LogP contribution in [0.25, 0.3) is 10.9 Å². The predicted octanol–water partition coefficient (Wildman–Crippen LogP) is 4.26. The van der Waals surface area contributed by atoms with Gasteiger partial charge in [-0.05, 0) is 29.7 Å². The van der Waals surface area contributed by atoms with Crippen LogP contribution < -0.4 is 0 Å². The fraction of sp³-hybridized carbons (Fsp3) is 0.167. The standard InChI is InChI=1S/C18H17NO/c1-14-9-10-16(17-8-5-11-19-18(14)17)13-20-12-15-6-3-2-4-7-15/h2-11H,12-13H2,1H3. The Hall–Kier alpha value is -2.19. The van der Waals surface area contributed by atoms with Crippen molar-refractivity contribution in [1.29, 1.82) is 0 Å². The van der Waals surface area contributed by atoms with Gasteiger partial charge in [0, 0.05) is 11.6 Å². The van der Waals surface area contributed by atoms with Gasteiger partial charge in [-0.2, -0.15) is 0 Å². The number of nitrogens with zero attached hydrogens (tertiary/aromatic N) is 1. The van der Waals surface area contributed by atoms with Gasteiger partial charge in [-0.3, -0.25) is 4.98 Å². The van der Waals surface area contributed by atoms with E-state index in [0.29, 0.717) is 13.2 Å². The predicted molar refractivity (Wildman–Crippen MR) is 81.4 cm³/mol. The number of hydrogen-bond acceptors (Lipinski definition) is 2. The second kappa shape index (κ2) is 5.85. The first kappa shape index (κ1) is 12.8. The van der Waals surface area contributed by atoms with Gasteiger partial charge in [0.25, 0.3) is 0 Å². The van der Waals surface area contributed by atoms with Crippen LogP contribution in [0.15, 0.2) is 60.8 Å². The fourth-order valence-corrected chi connectivity index (χ4v) is 2.35. The third kappa shape index (κ3) is 2.70. The van der Waals surface area contributed by atoms with E-state index in [1.165, 1.54) is 22.1 Å². The highest BCUT2D eigenvalue weighted by Crippen LogP contribution is 2.21. The quantitative estimate of drug-likeness (QED) is 0.701. The van der Waals surface area contributed by atoms with Gasteiger partial charge in [0.1, 0.15) is 0 Å². The van der Waals surface area contributed by atoms with Crippen LogP contribution in [0.5, 0.6) is 0 Å². The van der Waals surface area contributed by atoms with Crippen LogP contribution in [-0.2, 0) is 18.0 Å². The Morgan fingerprint density at radius 2 is 1.75 bits per heavy atom. The summed E-state index contributed by atoms with van der Waals surface area (Å²) in [6.45, 7) is 3.33. The lowest BCUT2D eigenvalue weighted by molar-refractivity contribution is 0.108. The van der Waals surface area contributed by atoms with Crippen LogP contribution in [0.3, 0.4) is 0 Å². The zero-order valence-electron chi connectivity index (χ0n) is 11.5. The molecule has 0 atom stereocenters. The van der Waals surface area contributed by atoms with Crippen molar-refractivity contribution in [3.05, 3.63) is 77.5 Å². The zero-order valence-corrected chi connectivity index (χ0v) is 11.5. The van der Waals surface area contributed by atoms with E-state index < -0.39 is 0 Å². The van der Waals surface area contributed by atoms with Gasteiger partial charge in [-0.25, -0.2) is 0 Å². The lowest BCUT2D eigenvalue weighted by atomic mass is 10.1. The minimum atomic E-state index is 0.608. The maximum absolute atomic E-state index is 5.83. The van der Waals surface area contributed by atoms with Crippen LogP contribution in [0.1, 0.15) is 16.7 Å². The lowest BCUT2D eigenvalue weighted by Crippen LogP contribution is -1.96. The Bertz CT molecular complexity index is 707. The van der Waals surface area contributed by atoms with E-state index in [1.807, 2.05) is 30.5 Å². The summed E-state index contributed by atoms with van der Waals surface area (Å²) >= 11 is 0. The average molecular weight is 263 g/mol. The van der Waals surface area contributed by atoms with Crippen molar-refractivity contribution in [2.45, 2.75) is 20.1 Å². The van der Waals surface area contributed by atoms with Crippen molar-refractivity contribution in [1.82, 2.24) is 4.98 Å². The molecule has 3 aromatic rings. The number of hydrogen-bond donors (Lipinski definition) is 0. The highest BCUT2D eigenvalue weighted by Gasteiger charge is 2.04. The molecule has 0 amide bonds. The summed E-state index contributed by atoms with van der Waals surface area (Å²) in [7, 11) is 0. The molecule has 0 aliphatic heterocycles. The van der Waals surface area contributed by atoms with Gasteiger partial charge >= 0.3 is 0 Å². The summed E-state index contributed by atoms with van der Waals surface area (Å²) in [6.07, 6.45) is 1.84. The molecule has 0 unspecified atom stereocenters. The molecule has 2 heteroatoms. The Balaban J connectivity index is 1.77. The second-order valence-electron chi connectivity index (χ2n) is 4.92. The first-order valence-corrected chi connectivity index (χ1v) is 6.79. The molecule has 0 radical (unpaired) electrons. The Morgan fingerprint density at radius 1 is 0.900 bits per heavy atom. The van der Waals surface area contributed by atoms with Crippen LogP contribution in [0, 0.1) is 6.92 Å². The number of aryl methyl sites for hydroxylation is 1. The summed E-state index contributed by atoms with van der Waals surface area (Å²) in [5, 5.41) is 1.18. The largest absolute Gasteiger partial charge is 0.372 e. The minimum Gasteiger partial charge on any atom is -0.372 e. The van der Waals surface area contributed by atoms with Crippen LogP contribution in [0.2, 0.25) is 0 Å². The molecule has 2 nitrogen and oxygen atoms in total. The molecule has 1 heterocycles. The maximum Gasteiger partial charge on any atom is 0.0734 e. The number of benzene rings is 2. The van der Waals surface area contributed by atoms with Gasteiger partial charge in [0.15, 0.2) is 0 Å². The molecule has 0 aliphatic rings. The molecule has 0 spiro atoms. The first-order chi connectivity index (χ1) is 9.84. The second-order valence-corrected chi connectivity index (χ2v) is 4.92. The highest BCUT2D eigenvalue weighted by atomic mass is 16.5. The average Bonchev–Trinajstić information content (AvgIpc) is 2.51. The molecule has 0 saturated carbocycles.